The summed E-state index contributed by atoms with van der Waals surface area (Å²) in [4.78, 5) is 1.46. The fraction of sp³-hybridized carbons (Fsp3) is 0.500. The molecule has 12 heteroatoms. The molecule has 0 fully saturated rings. The minimum atomic E-state index is -3.80. The zero-order chi connectivity index (χ0) is 25.4. The molecule has 0 saturated carbocycles. The van der Waals surface area contributed by atoms with E-state index in [1.54, 1.807) is 20.8 Å². The molecule has 0 spiro atoms. The van der Waals surface area contributed by atoms with Gasteiger partial charge in [0.25, 0.3) is 10.0 Å². The minimum absolute atomic E-state index is 0.0792. The average Bonchev–Trinajstić information content (AvgIpc) is 3.41. The number of thiocarbonyl (C=S) groups is 1. The lowest BCUT2D eigenvalue weighted by atomic mass is 9.81. The van der Waals surface area contributed by atoms with Crippen LogP contribution in [0, 0.1) is 12.3 Å². The maximum atomic E-state index is 13.0. The van der Waals surface area contributed by atoms with Crippen molar-refractivity contribution in [3.8, 4) is 5.75 Å². The van der Waals surface area contributed by atoms with Crippen molar-refractivity contribution in [3.63, 3.8) is 0 Å². The number of nitrogens with zero attached hydrogens (tertiary/aromatic N) is 3. The molecule has 1 aliphatic rings. The molecule has 2 heterocycles. The van der Waals surface area contributed by atoms with Crippen molar-refractivity contribution in [1.29, 1.82) is 0 Å². The van der Waals surface area contributed by atoms with Gasteiger partial charge in [0.1, 0.15) is 0 Å². The topological polar surface area (TPSA) is 107 Å². The van der Waals surface area contributed by atoms with Crippen LogP contribution in [0.5, 0.6) is 5.75 Å². The van der Waals surface area contributed by atoms with Crippen LogP contribution in [0.4, 0.5) is 17.3 Å². The Hall–Kier alpha value is -1.86. The summed E-state index contributed by atoms with van der Waals surface area (Å²) in [5.74, 6) is 0.619. The number of aryl methyl sites for hydroxylation is 1. The van der Waals surface area contributed by atoms with Crippen molar-refractivity contribution in [2.75, 3.05) is 23.7 Å². The summed E-state index contributed by atoms with van der Waals surface area (Å²) in [6, 6.07) is -0.131. The molecule has 0 radical (unpaired) electrons. The number of nitrogens with one attached hydrogen (secondary N) is 2. The van der Waals surface area contributed by atoms with Crippen LogP contribution >= 0.6 is 35.3 Å². The molecule has 3 N–H and O–H groups in total. The molecule has 0 bridgehead atoms. The lowest BCUT2D eigenvalue weighted by Gasteiger charge is -2.33. The molecule has 3 rings (SSSR count). The number of thiophene rings is 1. The Kier molecular flexibility index (Phi) is 7.88. The van der Waals surface area contributed by atoms with Gasteiger partial charge in [0, 0.05) is 22.8 Å². The van der Waals surface area contributed by atoms with Gasteiger partial charge in [-0.1, -0.05) is 59.0 Å². The molecular formula is C22H31N5O3S4. The van der Waals surface area contributed by atoms with Crippen molar-refractivity contribution in [1.82, 2.24) is 13.1 Å². The van der Waals surface area contributed by atoms with Gasteiger partial charge in [0.15, 0.2) is 21.6 Å². The lowest BCUT2D eigenvalue weighted by Crippen LogP contribution is -2.37. The fourth-order valence-electron chi connectivity index (χ4n) is 3.71. The highest BCUT2D eigenvalue weighted by molar-refractivity contribution is 7.91. The van der Waals surface area contributed by atoms with Gasteiger partial charge in [-0.05, 0) is 30.4 Å². The Morgan fingerprint density at radius 2 is 1.76 bits per heavy atom. The smallest absolute Gasteiger partial charge is 0.256 e. The van der Waals surface area contributed by atoms with Crippen molar-refractivity contribution < 1.29 is 13.5 Å². The molecule has 1 atom stereocenters. The van der Waals surface area contributed by atoms with Crippen molar-refractivity contribution in [3.05, 3.63) is 28.2 Å². The Bertz CT molecular complexity index is 1250. The summed E-state index contributed by atoms with van der Waals surface area (Å²) in [7, 11) is -3.80. The number of allylic oxidation sites excluding steroid dienone is 3. The highest BCUT2D eigenvalue weighted by Crippen LogP contribution is 2.45. The van der Waals surface area contributed by atoms with Gasteiger partial charge in [0.05, 0.1) is 23.5 Å². The first-order valence-corrected chi connectivity index (χ1v) is 14.3. The zero-order valence-electron chi connectivity index (χ0n) is 20.4. The highest BCUT2D eigenvalue weighted by atomic mass is 32.2. The van der Waals surface area contributed by atoms with E-state index in [1.165, 1.54) is 4.31 Å². The Morgan fingerprint density at radius 1 is 1.15 bits per heavy atom. The van der Waals surface area contributed by atoms with E-state index in [9.17, 15) is 13.5 Å². The number of rotatable bonds is 9. The third kappa shape index (κ3) is 5.06. The van der Waals surface area contributed by atoms with Crippen molar-refractivity contribution in [2.24, 2.45) is 5.41 Å². The molecule has 0 aliphatic heterocycles. The van der Waals surface area contributed by atoms with Crippen LogP contribution in [0.2, 0.25) is 0 Å². The van der Waals surface area contributed by atoms with Gasteiger partial charge < -0.3 is 15.7 Å². The largest absolute Gasteiger partial charge is 0.504 e. The standard InChI is InChI=1S/C22H31N5O3S4/c1-8-27(9-2)34(29,30)21-16(28)15(13(4)32-21)23-19-20(26-33-25-19)24-18(22(5,6)7)14-11-10-12(3)17(14)31/h10-11,18,28H,8-9H2,1-7H3,(H,23,25)(H,24,26)/t18-/m0/s1. The molecule has 0 amide bonds. The minimum Gasteiger partial charge on any atom is -0.504 e. The molecule has 0 saturated heterocycles. The zero-order valence-corrected chi connectivity index (χ0v) is 23.7. The van der Waals surface area contributed by atoms with Crippen LogP contribution in [0.15, 0.2) is 27.5 Å². The van der Waals surface area contributed by atoms with E-state index in [2.05, 4.69) is 40.2 Å². The molecule has 8 nitrogen and oxygen atoms in total. The quantitative estimate of drug-likeness (QED) is 0.359. The van der Waals surface area contributed by atoms with Crippen molar-refractivity contribution in [2.45, 2.75) is 58.7 Å². The normalized spacial score (nSPS) is 15.5. The van der Waals surface area contributed by atoms with Crippen LogP contribution in [0.3, 0.4) is 0 Å². The van der Waals surface area contributed by atoms with E-state index < -0.39 is 10.0 Å². The van der Waals surface area contributed by atoms with Gasteiger partial charge in [-0.3, -0.25) is 0 Å². The maximum Gasteiger partial charge on any atom is 0.256 e. The van der Waals surface area contributed by atoms with E-state index >= 15 is 0 Å². The second-order valence-electron chi connectivity index (χ2n) is 9.09. The van der Waals surface area contributed by atoms with E-state index in [-0.39, 0.29) is 21.4 Å². The van der Waals surface area contributed by atoms with E-state index in [0.29, 0.717) is 35.3 Å². The molecule has 186 valence electrons. The summed E-state index contributed by atoms with van der Waals surface area (Å²) in [6.45, 7) is 14.3. The average molecular weight is 542 g/mol. The highest BCUT2D eigenvalue weighted by Gasteiger charge is 2.34. The van der Waals surface area contributed by atoms with Gasteiger partial charge in [-0.2, -0.15) is 13.1 Å². The third-order valence-electron chi connectivity index (χ3n) is 5.63. The number of aromatic hydroxyl groups is 1. The number of aromatic nitrogens is 2. The predicted octanol–water partition coefficient (Wildman–Crippen LogP) is 5.47. The first-order valence-electron chi connectivity index (χ1n) is 10.9. The van der Waals surface area contributed by atoms with Gasteiger partial charge in [-0.25, -0.2) is 8.42 Å². The number of hydrogen-bond acceptors (Lipinski definition) is 10. The Morgan fingerprint density at radius 3 is 2.29 bits per heavy atom. The Labute approximate surface area is 215 Å². The molecular weight excluding hydrogens is 511 g/mol. The monoisotopic (exact) mass is 541 g/mol. The number of sulfonamides is 1. The molecule has 1 aliphatic carbocycles. The van der Waals surface area contributed by atoms with Gasteiger partial charge in [-0.15, -0.1) is 11.3 Å². The van der Waals surface area contributed by atoms with Gasteiger partial charge >= 0.3 is 0 Å². The van der Waals surface area contributed by atoms with E-state index in [4.69, 9.17) is 12.2 Å². The molecule has 2 aromatic rings. The van der Waals surface area contributed by atoms with Gasteiger partial charge in [0.2, 0.25) is 0 Å². The summed E-state index contributed by atoms with van der Waals surface area (Å²) in [5, 5.41) is 17.5. The van der Waals surface area contributed by atoms with Crippen LogP contribution < -0.4 is 10.6 Å². The maximum absolute atomic E-state index is 13.0. The molecule has 2 aromatic heterocycles. The van der Waals surface area contributed by atoms with Crippen LogP contribution in [-0.4, -0.2) is 50.6 Å². The summed E-state index contributed by atoms with van der Waals surface area (Å²) in [6.07, 6.45) is 4.05. The molecule has 34 heavy (non-hydrogen) atoms. The van der Waals surface area contributed by atoms with E-state index in [1.807, 2.05) is 19.1 Å². The van der Waals surface area contributed by atoms with Crippen LogP contribution in [0.1, 0.15) is 46.4 Å². The summed E-state index contributed by atoms with van der Waals surface area (Å²) >= 11 is 7.69. The van der Waals surface area contributed by atoms with E-state index in [0.717, 1.165) is 39.1 Å². The summed E-state index contributed by atoms with van der Waals surface area (Å²) in [5.41, 5.74) is 2.20. The van der Waals surface area contributed by atoms with Crippen LogP contribution in [0.25, 0.3) is 0 Å². The molecule has 0 aromatic carbocycles. The molecule has 0 unspecified atom stereocenters. The third-order valence-corrected chi connectivity index (χ3v) is 10.3. The predicted molar refractivity (Wildman–Crippen MR) is 145 cm³/mol. The first-order chi connectivity index (χ1) is 15.8. The second-order valence-corrected chi connectivity index (χ2v) is 13.4. The second kappa shape index (κ2) is 10.0. The van der Waals surface area contributed by atoms with Crippen molar-refractivity contribution >= 4 is 67.5 Å². The number of hydrogen-bond donors (Lipinski definition) is 3. The SMILES string of the molecule is CCN(CC)S(=O)(=O)c1sc(C)c(Nc2nsnc2N[C@@H](C2=CC=C(C)C2=S)C(C)(C)C)c1O. The number of anilines is 3. The lowest BCUT2D eigenvalue weighted by molar-refractivity contribution is 0.379. The first kappa shape index (κ1) is 26.7. The summed E-state index contributed by atoms with van der Waals surface area (Å²) < 4.78 is 36.0. The Balaban J connectivity index is 1.93. The van der Waals surface area contributed by atoms with Crippen LogP contribution in [-0.2, 0) is 10.0 Å². The fourth-order valence-corrected chi connectivity index (χ4v) is 7.54.